The number of hydrogen-bond acceptors (Lipinski definition) is 3. The lowest BCUT2D eigenvalue weighted by Crippen LogP contribution is -2.38. The zero-order valence-electron chi connectivity index (χ0n) is 19.5. The fourth-order valence-corrected chi connectivity index (χ4v) is 4.24. The standard InChI is InChI=1S/C28H28F3N3O2/c29-28(30,31)21-11-6-10-20(16-21)27(24-17-19-9-4-5-12-23(19)33-24)34-26(36)14-13-25(35)22(32)15-18-7-2-1-3-8-18/h1-12,16-17,22,25,27,33,35H,13-15,32H2,(H,34,36)/t22-,25-,27?/m0/s1. The number of nitrogens with two attached hydrogens (primary N) is 1. The molecule has 0 spiro atoms. The second-order valence-electron chi connectivity index (χ2n) is 8.90. The van der Waals surface area contributed by atoms with E-state index in [4.69, 9.17) is 5.73 Å². The Morgan fingerprint density at radius 1 is 0.972 bits per heavy atom. The molecule has 0 saturated heterocycles. The molecule has 0 aliphatic heterocycles. The van der Waals surface area contributed by atoms with E-state index in [0.29, 0.717) is 17.7 Å². The number of para-hydroxylation sites is 1. The number of hydrogen-bond donors (Lipinski definition) is 4. The summed E-state index contributed by atoms with van der Waals surface area (Å²) >= 11 is 0. The number of H-pyrrole nitrogens is 1. The number of rotatable bonds is 9. The first-order valence-corrected chi connectivity index (χ1v) is 11.7. The lowest BCUT2D eigenvalue weighted by molar-refractivity contribution is -0.137. The van der Waals surface area contributed by atoms with Gasteiger partial charge in [0.15, 0.2) is 0 Å². The molecule has 4 rings (SSSR count). The molecule has 1 aromatic heterocycles. The van der Waals surface area contributed by atoms with Crippen LogP contribution in [-0.4, -0.2) is 28.1 Å². The predicted octanol–water partition coefficient (Wildman–Crippen LogP) is 5.10. The monoisotopic (exact) mass is 495 g/mol. The number of aromatic amines is 1. The largest absolute Gasteiger partial charge is 0.416 e. The molecule has 0 aliphatic carbocycles. The topological polar surface area (TPSA) is 91.1 Å². The molecule has 0 saturated carbocycles. The van der Waals surface area contributed by atoms with Crippen molar-refractivity contribution in [3.63, 3.8) is 0 Å². The number of alkyl halides is 3. The van der Waals surface area contributed by atoms with E-state index in [1.54, 1.807) is 6.07 Å². The second kappa shape index (κ2) is 11.0. The van der Waals surface area contributed by atoms with E-state index in [1.807, 2.05) is 60.7 Å². The smallest absolute Gasteiger partial charge is 0.391 e. The van der Waals surface area contributed by atoms with Crippen molar-refractivity contribution in [3.8, 4) is 0 Å². The summed E-state index contributed by atoms with van der Waals surface area (Å²) in [7, 11) is 0. The van der Waals surface area contributed by atoms with Crippen molar-refractivity contribution in [1.29, 1.82) is 0 Å². The Balaban J connectivity index is 1.49. The van der Waals surface area contributed by atoms with E-state index in [2.05, 4.69) is 10.3 Å². The molecule has 0 radical (unpaired) electrons. The first-order chi connectivity index (χ1) is 17.2. The van der Waals surface area contributed by atoms with Gasteiger partial charge in [-0.2, -0.15) is 13.2 Å². The van der Waals surface area contributed by atoms with Crippen molar-refractivity contribution in [2.75, 3.05) is 0 Å². The molecule has 8 heteroatoms. The Kier molecular flexibility index (Phi) is 7.76. The van der Waals surface area contributed by atoms with Gasteiger partial charge in [-0.05, 0) is 53.6 Å². The third kappa shape index (κ3) is 6.33. The van der Waals surface area contributed by atoms with Crippen molar-refractivity contribution >= 4 is 16.8 Å². The Hall–Kier alpha value is -3.62. The van der Waals surface area contributed by atoms with Gasteiger partial charge < -0.3 is 21.1 Å². The summed E-state index contributed by atoms with van der Waals surface area (Å²) in [6.45, 7) is 0. The molecular formula is C28H28F3N3O2. The summed E-state index contributed by atoms with van der Waals surface area (Å²) in [5.74, 6) is -0.401. The van der Waals surface area contributed by atoms with E-state index in [9.17, 15) is 23.1 Å². The van der Waals surface area contributed by atoms with Crippen LogP contribution in [0.3, 0.4) is 0 Å². The number of halogens is 3. The molecule has 1 unspecified atom stereocenters. The second-order valence-corrected chi connectivity index (χ2v) is 8.90. The third-order valence-electron chi connectivity index (χ3n) is 6.19. The fourth-order valence-electron chi connectivity index (χ4n) is 4.24. The first-order valence-electron chi connectivity index (χ1n) is 11.7. The van der Waals surface area contributed by atoms with Gasteiger partial charge in [0.05, 0.1) is 17.7 Å². The highest BCUT2D eigenvalue weighted by Crippen LogP contribution is 2.33. The maximum atomic E-state index is 13.4. The average Bonchev–Trinajstić information content (AvgIpc) is 3.30. The molecule has 0 fully saturated rings. The van der Waals surface area contributed by atoms with Crippen LogP contribution in [0.1, 0.15) is 41.3 Å². The van der Waals surface area contributed by atoms with Crippen molar-refractivity contribution in [1.82, 2.24) is 10.3 Å². The highest BCUT2D eigenvalue weighted by molar-refractivity contribution is 5.81. The summed E-state index contributed by atoms with van der Waals surface area (Å²) in [6.07, 6.45) is -4.85. The fraction of sp³-hybridized carbons (Fsp3) is 0.250. The normalized spacial score (nSPS) is 14.4. The summed E-state index contributed by atoms with van der Waals surface area (Å²) < 4.78 is 40.1. The maximum absolute atomic E-state index is 13.4. The summed E-state index contributed by atoms with van der Waals surface area (Å²) in [4.78, 5) is 16.1. The summed E-state index contributed by atoms with van der Waals surface area (Å²) in [5.41, 5.74) is 7.98. The number of nitrogens with one attached hydrogen (secondary N) is 2. The molecule has 36 heavy (non-hydrogen) atoms. The van der Waals surface area contributed by atoms with Crippen LogP contribution < -0.4 is 11.1 Å². The minimum atomic E-state index is -4.51. The van der Waals surface area contributed by atoms with E-state index < -0.39 is 35.8 Å². The molecule has 1 amide bonds. The quantitative estimate of drug-likeness (QED) is 0.260. The van der Waals surface area contributed by atoms with Crippen molar-refractivity contribution < 1.29 is 23.1 Å². The van der Waals surface area contributed by atoms with Gasteiger partial charge in [0.1, 0.15) is 0 Å². The minimum absolute atomic E-state index is 0.0284. The SMILES string of the molecule is N[C@@H](Cc1ccccc1)[C@@H](O)CCC(=O)NC(c1cccc(C(F)(F)F)c1)c1cc2ccccc2[nH]1. The van der Waals surface area contributed by atoms with E-state index in [1.165, 1.54) is 6.07 Å². The van der Waals surface area contributed by atoms with Crippen LogP contribution in [0.15, 0.2) is 84.9 Å². The maximum Gasteiger partial charge on any atom is 0.416 e. The molecule has 188 valence electrons. The van der Waals surface area contributed by atoms with Crippen LogP contribution in [0.5, 0.6) is 0 Å². The first kappa shape index (κ1) is 25.5. The molecular weight excluding hydrogens is 467 g/mol. The Labute approximate surface area is 207 Å². The molecule has 3 atom stereocenters. The molecule has 1 heterocycles. The molecule has 5 N–H and O–H groups in total. The summed E-state index contributed by atoms with van der Waals surface area (Å²) in [6, 6.07) is 22.3. The minimum Gasteiger partial charge on any atom is -0.391 e. The van der Waals surface area contributed by atoms with Crippen LogP contribution in [-0.2, 0) is 17.4 Å². The zero-order chi connectivity index (χ0) is 25.7. The number of aromatic nitrogens is 1. The Morgan fingerprint density at radius 3 is 2.42 bits per heavy atom. The molecule has 0 aliphatic rings. The van der Waals surface area contributed by atoms with Gasteiger partial charge in [-0.15, -0.1) is 0 Å². The molecule has 5 nitrogen and oxygen atoms in total. The van der Waals surface area contributed by atoms with E-state index in [0.717, 1.165) is 28.6 Å². The lowest BCUT2D eigenvalue weighted by Gasteiger charge is -2.21. The van der Waals surface area contributed by atoms with Crippen molar-refractivity contribution in [2.45, 2.75) is 43.6 Å². The van der Waals surface area contributed by atoms with E-state index in [-0.39, 0.29) is 12.8 Å². The Bertz CT molecular complexity index is 1270. The summed E-state index contributed by atoms with van der Waals surface area (Å²) in [5, 5.41) is 14.2. The predicted molar refractivity (Wildman–Crippen MR) is 133 cm³/mol. The molecule has 0 bridgehead atoms. The van der Waals surface area contributed by atoms with Gasteiger partial charge in [-0.1, -0.05) is 60.7 Å². The van der Waals surface area contributed by atoms with Gasteiger partial charge in [-0.3, -0.25) is 4.79 Å². The highest BCUT2D eigenvalue weighted by Gasteiger charge is 2.31. The number of carbonyl (C=O) groups excluding carboxylic acids is 1. The number of carbonyl (C=O) groups is 1. The molecule has 3 aromatic carbocycles. The van der Waals surface area contributed by atoms with Crippen LogP contribution in [0.2, 0.25) is 0 Å². The zero-order valence-corrected chi connectivity index (χ0v) is 19.5. The number of fused-ring (bicyclic) bond motifs is 1. The van der Waals surface area contributed by atoms with Gasteiger partial charge >= 0.3 is 6.18 Å². The number of amides is 1. The van der Waals surface area contributed by atoms with Crippen LogP contribution in [0, 0.1) is 0 Å². The van der Waals surface area contributed by atoms with Crippen LogP contribution >= 0.6 is 0 Å². The number of aliphatic hydroxyl groups excluding tert-OH is 1. The Morgan fingerprint density at radius 2 is 1.69 bits per heavy atom. The number of aliphatic hydroxyl groups is 1. The third-order valence-corrected chi connectivity index (χ3v) is 6.19. The van der Waals surface area contributed by atoms with Crippen molar-refractivity contribution in [2.24, 2.45) is 5.73 Å². The molecule has 4 aromatic rings. The van der Waals surface area contributed by atoms with Gasteiger partial charge in [0.2, 0.25) is 5.91 Å². The highest BCUT2D eigenvalue weighted by atomic mass is 19.4. The van der Waals surface area contributed by atoms with Crippen LogP contribution in [0.25, 0.3) is 10.9 Å². The average molecular weight is 496 g/mol. The van der Waals surface area contributed by atoms with Gasteiger partial charge in [0, 0.05) is 23.7 Å². The van der Waals surface area contributed by atoms with Crippen LogP contribution in [0.4, 0.5) is 13.2 Å². The number of benzene rings is 3. The van der Waals surface area contributed by atoms with Gasteiger partial charge in [0.25, 0.3) is 0 Å². The van der Waals surface area contributed by atoms with Gasteiger partial charge in [-0.25, -0.2) is 0 Å². The lowest BCUT2D eigenvalue weighted by atomic mass is 9.98. The van der Waals surface area contributed by atoms with Crippen molar-refractivity contribution in [3.05, 3.63) is 107 Å². The van der Waals surface area contributed by atoms with E-state index >= 15 is 0 Å².